The van der Waals surface area contributed by atoms with Crippen molar-refractivity contribution >= 4 is 11.0 Å². The van der Waals surface area contributed by atoms with E-state index >= 15 is 0 Å². The Hall–Kier alpha value is -2.16. The number of hydrogen-bond donors (Lipinski definition) is 0. The molecule has 2 rings (SSSR count). The SMILES string of the molecule is CC(C)(C)n1ncc2c(=O)n(CC#N)cnc21. The van der Waals surface area contributed by atoms with E-state index in [4.69, 9.17) is 5.26 Å². The molecule has 0 aliphatic rings. The van der Waals surface area contributed by atoms with Crippen LogP contribution in [-0.2, 0) is 12.1 Å². The molecule has 0 aliphatic heterocycles. The van der Waals surface area contributed by atoms with Crippen LogP contribution >= 0.6 is 0 Å². The molecule has 0 N–H and O–H groups in total. The molecule has 17 heavy (non-hydrogen) atoms. The summed E-state index contributed by atoms with van der Waals surface area (Å²) < 4.78 is 2.98. The van der Waals surface area contributed by atoms with Gasteiger partial charge in [0.25, 0.3) is 5.56 Å². The third kappa shape index (κ3) is 1.80. The topological polar surface area (TPSA) is 76.5 Å². The molecule has 0 aromatic carbocycles. The van der Waals surface area contributed by atoms with Crippen molar-refractivity contribution in [2.75, 3.05) is 0 Å². The van der Waals surface area contributed by atoms with Gasteiger partial charge in [0, 0.05) is 0 Å². The van der Waals surface area contributed by atoms with E-state index < -0.39 is 0 Å². The minimum Gasteiger partial charge on any atom is -0.285 e. The number of nitriles is 1. The number of hydrogen-bond acceptors (Lipinski definition) is 4. The molecular formula is C11H13N5O. The van der Waals surface area contributed by atoms with Crippen LogP contribution in [0.25, 0.3) is 11.0 Å². The summed E-state index contributed by atoms with van der Waals surface area (Å²) >= 11 is 0. The van der Waals surface area contributed by atoms with Crippen LogP contribution in [0.2, 0.25) is 0 Å². The molecule has 0 atom stereocenters. The first-order valence-electron chi connectivity index (χ1n) is 5.26. The maximum atomic E-state index is 12.0. The third-order valence-corrected chi connectivity index (χ3v) is 2.43. The van der Waals surface area contributed by atoms with Gasteiger partial charge in [-0.15, -0.1) is 0 Å². The van der Waals surface area contributed by atoms with E-state index in [2.05, 4.69) is 10.1 Å². The Morgan fingerprint density at radius 1 is 1.47 bits per heavy atom. The second-order valence-corrected chi connectivity index (χ2v) is 4.80. The molecule has 0 aliphatic carbocycles. The smallest absolute Gasteiger partial charge is 0.265 e. The van der Waals surface area contributed by atoms with Gasteiger partial charge in [-0.25, -0.2) is 9.67 Å². The first-order chi connectivity index (χ1) is 7.95. The number of aromatic nitrogens is 4. The van der Waals surface area contributed by atoms with Crippen LogP contribution in [0, 0.1) is 11.3 Å². The number of nitrogens with zero attached hydrogens (tertiary/aromatic N) is 5. The molecule has 0 saturated heterocycles. The van der Waals surface area contributed by atoms with E-state index in [-0.39, 0.29) is 17.6 Å². The Labute approximate surface area is 98.1 Å². The largest absolute Gasteiger partial charge is 0.285 e. The zero-order valence-corrected chi connectivity index (χ0v) is 10.0. The lowest BCUT2D eigenvalue weighted by Gasteiger charge is -2.19. The van der Waals surface area contributed by atoms with Gasteiger partial charge in [-0.1, -0.05) is 0 Å². The second-order valence-electron chi connectivity index (χ2n) is 4.80. The van der Waals surface area contributed by atoms with Gasteiger partial charge in [0.1, 0.15) is 18.3 Å². The number of rotatable bonds is 1. The summed E-state index contributed by atoms with van der Waals surface area (Å²) in [5.41, 5.74) is 0.0894. The lowest BCUT2D eigenvalue weighted by Crippen LogP contribution is -2.25. The molecule has 0 spiro atoms. The standard InChI is InChI=1S/C11H13N5O/c1-11(2,3)16-9-8(6-14-16)10(17)15(5-4-12)7-13-9/h6-7H,5H2,1-3H3. The highest BCUT2D eigenvalue weighted by molar-refractivity contribution is 5.73. The van der Waals surface area contributed by atoms with Gasteiger partial charge in [0.15, 0.2) is 5.65 Å². The van der Waals surface area contributed by atoms with Crippen LogP contribution in [0.15, 0.2) is 17.3 Å². The minimum absolute atomic E-state index is 0.00245. The molecule has 0 fully saturated rings. The van der Waals surface area contributed by atoms with Crippen LogP contribution < -0.4 is 5.56 Å². The van der Waals surface area contributed by atoms with Gasteiger partial charge in [0.05, 0.1) is 17.8 Å². The Balaban J connectivity index is 2.72. The van der Waals surface area contributed by atoms with Crippen LogP contribution in [0.4, 0.5) is 0 Å². The molecule has 0 saturated carbocycles. The van der Waals surface area contributed by atoms with Crippen LogP contribution in [0.3, 0.4) is 0 Å². The van der Waals surface area contributed by atoms with Crippen molar-refractivity contribution in [1.29, 1.82) is 5.26 Å². The van der Waals surface area contributed by atoms with E-state index in [1.165, 1.54) is 17.1 Å². The predicted octanol–water partition coefficient (Wildman–Crippen LogP) is 0.872. The first-order valence-corrected chi connectivity index (χ1v) is 5.26. The molecule has 0 bridgehead atoms. The molecular weight excluding hydrogens is 218 g/mol. The van der Waals surface area contributed by atoms with Gasteiger partial charge in [0.2, 0.25) is 0 Å². The van der Waals surface area contributed by atoms with E-state index in [9.17, 15) is 4.79 Å². The van der Waals surface area contributed by atoms with Crippen molar-refractivity contribution < 1.29 is 0 Å². The maximum absolute atomic E-state index is 12.0. The summed E-state index contributed by atoms with van der Waals surface area (Å²) in [6.45, 7) is 5.97. The Kier molecular flexibility index (Phi) is 2.46. The summed E-state index contributed by atoms with van der Waals surface area (Å²) in [6, 6.07) is 1.92. The van der Waals surface area contributed by atoms with Crippen molar-refractivity contribution in [3.63, 3.8) is 0 Å². The highest BCUT2D eigenvalue weighted by Crippen LogP contribution is 2.17. The zero-order valence-electron chi connectivity index (χ0n) is 10.0. The summed E-state index contributed by atoms with van der Waals surface area (Å²) in [4.78, 5) is 16.2. The van der Waals surface area contributed by atoms with E-state index in [0.29, 0.717) is 11.0 Å². The fourth-order valence-corrected chi connectivity index (χ4v) is 1.63. The molecule has 0 unspecified atom stereocenters. The van der Waals surface area contributed by atoms with Gasteiger partial charge in [-0.3, -0.25) is 9.36 Å². The minimum atomic E-state index is -0.234. The van der Waals surface area contributed by atoms with Gasteiger partial charge < -0.3 is 0 Å². The lowest BCUT2D eigenvalue weighted by molar-refractivity contribution is 0.365. The van der Waals surface area contributed by atoms with Crippen molar-refractivity contribution in [3.05, 3.63) is 22.9 Å². The van der Waals surface area contributed by atoms with Crippen LogP contribution in [0.5, 0.6) is 0 Å². The second kappa shape index (κ2) is 3.70. The summed E-state index contributed by atoms with van der Waals surface area (Å²) in [5, 5.41) is 13.2. The Bertz CT molecular complexity index is 653. The molecule has 2 aromatic rings. The predicted molar refractivity (Wildman–Crippen MR) is 62.4 cm³/mol. The Morgan fingerprint density at radius 3 is 2.76 bits per heavy atom. The molecule has 88 valence electrons. The van der Waals surface area contributed by atoms with E-state index in [1.54, 1.807) is 4.68 Å². The Morgan fingerprint density at radius 2 is 2.18 bits per heavy atom. The molecule has 6 heteroatoms. The highest BCUT2D eigenvalue weighted by atomic mass is 16.1. The normalized spacial score (nSPS) is 11.6. The summed E-state index contributed by atoms with van der Waals surface area (Å²) in [7, 11) is 0. The van der Waals surface area contributed by atoms with Crippen molar-refractivity contribution in [1.82, 2.24) is 19.3 Å². The summed E-state index contributed by atoms with van der Waals surface area (Å²) in [6.07, 6.45) is 2.89. The molecule has 2 heterocycles. The van der Waals surface area contributed by atoms with Gasteiger partial charge in [-0.2, -0.15) is 10.4 Å². The van der Waals surface area contributed by atoms with Crippen molar-refractivity contribution in [2.45, 2.75) is 32.9 Å². The lowest BCUT2D eigenvalue weighted by atomic mass is 10.1. The maximum Gasteiger partial charge on any atom is 0.265 e. The fraction of sp³-hybridized carbons (Fsp3) is 0.455. The van der Waals surface area contributed by atoms with Gasteiger partial charge in [-0.05, 0) is 20.8 Å². The van der Waals surface area contributed by atoms with E-state index in [0.717, 1.165) is 0 Å². The van der Waals surface area contributed by atoms with Crippen LogP contribution in [-0.4, -0.2) is 19.3 Å². The zero-order chi connectivity index (χ0) is 12.6. The molecule has 0 amide bonds. The average molecular weight is 231 g/mol. The summed E-state index contributed by atoms with van der Waals surface area (Å²) in [5.74, 6) is 0. The third-order valence-electron chi connectivity index (χ3n) is 2.43. The molecule has 0 radical (unpaired) electrons. The first kappa shape index (κ1) is 11.3. The average Bonchev–Trinajstić information content (AvgIpc) is 2.66. The van der Waals surface area contributed by atoms with Gasteiger partial charge >= 0.3 is 0 Å². The monoisotopic (exact) mass is 231 g/mol. The highest BCUT2D eigenvalue weighted by Gasteiger charge is 2.19. The number of fused-ring (bicyclic) bond motifs is 1. The molecule has 6 nitrogen and oxygen atoms in total. The quantitative estimate of drug-likeness (QED) is 0.729. The van der Waals surface area contributed by atoms with Crippen molar-refractivity contribution in [3.8, 4) is 6.07 Å². The van der Waals surface area contributed by atoms with E-state index in [1.807, 2.05) is 26.8 Å². The molecule has 2 aromatic heterocycles. The van der Waals surface area contributed by atoms with Crippen molar-refractivity contribution in [2.24, 2.45) is 0 Å². The fourth-order valence-electron chi connectivity index (χ4n) is 1.63. The van der Waals surface area contributed by atoms with Crippen LogP contribution in [0.1, 0.15) is 20.8 Å².